The molecule has 0 aliphatic heterocycles. The largest absolute Gasteiger partial charge is 0.345 e. The van der Waals surface area contributed by atoms with Gasteiger partial charge in [-0.05, 0) is 13.3 Å². The minimum atomic E-state index is -1.59. The number of unbranched alkanes of at least 4 members (excludes halogenated alkanes) is 1. The number of aliphatic imine (C=N–C) groups is 1. The summed E-state index contributed by atoms with van der Waals surface area (Å²) < 4.78 is 11.9. The van der Waals surface area contributed by atoms with E-state index in [0.29, 0.717) is 5.70 Å². The molecule has 1 amide bonds. The van der Waals surface area contributed by atoms with Crippen molar-refractivity contribution in [3.05, 3.63) is 11.8 Å². The monoisotopic (exact) mass is 257 g/mol. The first-order valence-corrected chi connectivity index (χ1v) is 5.90. The summed E-state index contributed by atoms with van der Waals surface area (Å²) in [6.45, 7) is 3.19. The lowest BCUT2D eigenvalue weighted by Gasteiger charge is -2.11. The Hall–Kier alpha value is -1.56. The van der Waals surface area contributed by atoms with Crippen LogP contribution in [0.2, 0.25) is 0 Å². The predicted molar refractivity (Wildman–Crippen MR) is 68.9 cm³/mol. The molecule has 0 heterocycles. The molecule has 0 spiro atoms. The van der Waals surface area contributed by atoms with Crippen LogP contribution in [0.15, 0.2) is 16.8 Å². The maximum absolute atomic E-state index is 11.9. The van der Waals surface area contributed by atoms with Gasteiger partial charge in [0.1, 0.15) is 6.54 Å². The van der Waals surface area contributed by atoms with Crippen molar-refractivity contribution in [2.75, 3.05) is 6.54 Å². The molecule has 6 heteroatoms. The van der Waals surface area contributed by atoms with Crippen molar-refractivity contribution in [3.8, 4) is 0 Å². The molecule has 3 N–H and O–H groups in total. The van der Waals surface area contributed by atoms with E-state index < -0.39 is 24.5 Å². The second-order valence-corrected chi connectivity index (χ2v) is 3.76. The van der Waals surface area contributed by atoms with Gasteiger partial charge < -0.3 is 11.1 Å². The van der Waals surface area contributed by atoms with Gasteiger partial charge in [-0.1, -0.05) is 19.4 Å². The standard InChI is InChI=1S/C12H20FN3O2/c1-3-5-6-15-9(4-2)7-10(14)12(18)16-8-11(13)17/h4,6,10H,3,5,7-8,14H2,1-2H3,(H,16,18)/b9-4-,15-6?. The molecule has 0 bridgehead atoms. The summed E-state index contributed by atoms with van der Waals surface area (Å²) >= 11 is 0. The highest BCUT2D eigenvalue weighted by Gasteiger charge is 2.15. The molecule has 102 valence electrons. The second-order valence-electron chi connectivity index (χ2n) is 3.76. The molecular formula is C12H20FN3O2. The number of allylic oxidation sites excluding steroid dienone is 1. The van der Waals surface area contributed by atoms with Crippen molar-refractivity contribution in [3.63, 3.8) is 0 Å². The normalized spacial score (nSPS) is 13.7. The Balaban J connectivity index is 4.22. The van der Waals surface area contributed by atoms with Crippen LogP contribution in [0.3, 0.4) is 0 Å². The third-order valence-electron chi connectivity index (χ3n) is 2.18. The van der Waals surface area contributed by atoms with E-state index >= 15 is 0 Å². The van der Waals surface area contributed by atoms with Crippen molar-refractivity contribution in [2.24, 2.45) is 10.7 Å². The highest BCUT2D eigenvalue weighted by atomic mass is 19.1. The van der Waals surface area contributed by atoms with Gasteiger partial charge in [0.25, 0.3) is 0 Å². The molecule has 0 saturated heterocycles. The van der Waals surface area contributed by atoms with Gasteiger partial charge in [-0.15, -0.1) is 0 Å². The lowest BCUT2D eigenvalue weighted by Crippen LogP contribution is -2.42. The molecule has 0 aromatic rings. The zero-order valence-electron chi connectivity index (χ0n) is 10.8. The maximum atomic E-state index is 11.9. The zero-order valence-corrected chi connectivity index (χ0v) is 10.8. The van der Waals surface area contributed by atoms with E-state index in [1.807, 2.05) is 6.92 Å². The predicted octanol–water partition coefficient (Wildman–Crippen LogP) is 1.09. The molecule has 1 atom stereocenters. The summed E-state index contributed by atoms with van der Waals surface area (Å²) in [5.41, 5.74) is 6.32. The van der Waals surface area contributed by atoms with Crippen molar-refractivity contribution in [1.82, 2.24) is 5.32 Å². The highest BCUT2D eigenvalue weighted by molar-refractivity contribution is 5.85. The molecule has 0 aromatic carbocycles. The number of amides is 1. The molecule has 18 heavy (non-hydrogen) atoms. The fraction of sp³-hybridized carbons (Fsp3) is 0.583. The number of nitrogens with two attached hydrogens (primary N) is 1. The minimum absolute atomic E-state index is 0.253. The average Bonchev–Trinajstić information content (AvgIpc) is 2.34. The van der Waals surface area contributed by atoms with Crippen LogP contribution in [0.5, 0.6) is 0 Å². The first-order valence-electron chi connectivity index (χ1n) is 5.90. The quantitative estimate of drug-likeness (QED) is 0.504. The van der Waals surface area contributed by atoms with E-state index in [1.54, 1.807) is 19.2 Å². The van der Waals surface area contributed by atoms with E-state index in [0.717, 1.165) is 12.8 Å². The molecule has 0 rings (SSSR count). The number of carbonyl (C=O) groups excluding carboxylic acids is 2. The Kier molecular flexibility index (Phi) is 8.65. The Morgan fingerprint density at radius 1 is 1.50 bits per heavy atom. The van der Waals surface area contributed by atoms with Gasteiger partial charge in [0.05, 0.1) is 6.04 Å². The number of hydrogen-bond donors (Lipinski definition) is 2. The van der Waals surface area contributed by atoms with Gasteiger partial charge in [0.15, 0.2) is 0 Å². The summed E-state index contributed by atoms with van der Waals surface area (Å²) in [7, 11) is 0. The molecule has 1 unspecified atom stereocenters. The van der Waals surface area contributed by atoms with Gasteiger partial charge in [-0.2, -0.15) is 4.39 Å². The molecule has 0 aliphatic rings. The van der Waals surface area contributed by atoms with E-state index in [1.165, 1.54) is 0 Å². The number of nitrogens with one attached hydrogen (secondary N) is 1. The van der Waals surface area contributed by atoms with Gasteiger partial charge >= 0.3 is 6.04 Å². The van der Waals surface area contributed by atoms with Crippen molar-refractivity contribution in [2.45, 2.75) is 39.2 Å². The summed E-state index contributed by atoms with van der Waals surface area (Å²) in [5.74, 6) is -0.564. The number of hydrogen-bond acceptors (Lipinski definition) is 4. The molecule has 0 radical (unpaired) electrons. The Labute approximate surface area is 106 Å². The maximum Gasteiger partial charge on any atom is 0.320 e. The lowest BCUT2D eigenvalue weighted by molar-refractivity contribution is -0.131. The lowest BCUT2D eigenvalue weighted by atomic mass is 10.1. The van der Waals surface area contributed by atoms with Crippen molar-refractivity contribution < 1.29 is 14.0 Å². The second kappa shape index (κ2) is 9.47. The van der Waals surface area contributed by atoms with Crippen molar-refractivity contribution in [1.29, 1.82) is 0 Å². The van der Waals surface area contributed by atoms with Crippen LogP contribution < -0.4 is 11.1 Å². The van der Waals surface area contributed by atoms with Crippen LogP contribution in [-0.2, 0) is 9.59 Å². The minimum Gasteiger partial charge on any atom is -0.345 e. The Bertz CT molecular complexity index is 340. The van der Waals surface area contributed by atoms with Crippen LogP contribution in [0, 0.1) is 0 Å². The third kappa shape index (κ3) is 7.67. The fourth-order valence-corrected chi connectivity index (χ4v) is 1.16. The topological polar surface area (TPSA) is 84.5 Å². The van der Waals surface area contributed by atoms with E-state index in [4.69, 9.17) is 5.73 Å². The Morgan fingerprint density at radius 3 is 2.67 bits per heavy atom. The van der Waals surface area contributed by atoms with E-state index in [9.17, 15) is 14.0 Å². The molecular weight excluding hydrogens is 237 g/mol. The fourth-order valence-electron chi connectivity index (χ4n) is 1.16. The number of nitrogens with zero attached hydrogens (tertiary/aromatic N) is 1. The van der Waals surface area contributed by atoms with E-state index in [2.05, 4.69) is 10.3 Å². The SMILES string of the molecule is C/C=C(/CC(N)C(=O)NCC(=O)F)N=CCCC. The summed E-state index contributed by atoms with van der Waals surface area (Å²) in [6, 6.07) is -2.43. The van der Waals surface area contributed by atoms with E-state index in [-0.39, 0.29) is 6.42 Å². The molecule has 0 aromatic heterocycles. The molecule has 0 aliphatic carbocycles. The zero-order chi connectivity index (χ0) is 14.0. The molecule has 0 fully saturated rings. The van der Waals surface area contributed by atoms with Crippen LogP contribution in [0.1, 0.15) is 33.1 Å². The Morgan fingerprint density at radius 2 is 2.17 bits per heavy atom. The van der Waals surface area contributed by atoms with Crippen LogP contribution in [0.25, 0.3) is 0 Å². The first-order chi connectivity index (χ1) is 8.51. The van der Waals surface area contributed by atoms with Crippen LogP contribution in [0.4, 0.5) is 4.39 Å². The highest BCUT2D eigenvalue weighted by Crippen LogP contribution is 2.06. The van der Waals surface area contributed by atoms with Crippen LogP contribution >= 0.6 is 0 Å². The van der Waals surface area contributed by atoms with Crippen molar-refractivity contribution >= 4 is 18.2 Å². The summed E-state index contributed by atoms with van der Waals surface area (Å²) in [4.78, 5) is 25.6. The number of halogens is 1. The third-order valence-corrected chi connectivity index (χ3v) is 2.18. The van der Waals surface area contributed by atoms with Gasteiger partial charge in [-0.3, -0.25) is 14.6 Å². The molecule has 5 nitrogen and oxygen atoms in total. The number of carbonyl (C=O) groups is 2. The van der Waals surface area contributed by atoms with Gasteiger partial charge in [0.2, 0.25) is 5.91 Å². The average molecular weight is 257 g/mol. The number of rotatable bonds is 8. The summed E-state index contributed by atoms with van der Waals surface area (Å²) in [5, 5.41) is 2.11. The summed E-state index contributed by atoms with van der Waals surface area (Å²) in [6.07, 6.45) is 5.63. The molecule has 0 saturated carbocycles. The van der Waals surface area contributed by atoms with Crippen LogP contribution in [-0.4, -0.2) is 30.7 Å². The van der Waals surface area contributed by atoms with Gasteiger partial charge in [-0.25, -0.2) is 0 Å². The first kappa shape index (κ1) is 16.4. The van der Waals surface area contributed by atoms with Gasteiger partial charge in [0, 0.05) is 18.3 Å². The smallest absolute Gasteiger partial charge is 0.320 e.